The summed E-state index contributed by atoms with van der Waals surface area (Å²) >= 11 is 1.45. The number of nitrogens with one attached hydrogen (secondary N) is 1. The number of carbonyl (C=O) groups excluding carboxylic acids is 2. The third-order valence-electron chi connectivity index (χ3n) is 2.75. The first kappa shape index (κ1) is 20.1. The Labute approximate surface area is 146 Å². The number of alkyl carbamates (subject to hydrolysis) is 1. The van der Waals surface area contributed by atoms with Crippen LogP contribution in [0.2, 0.25) is 0 Å². The molecule has 1 amide bonds. The molecule has 0 fully saturated rings. The maximum absolute atomic E-state index is 11.8. The molecule has 24 heavy (non-hydrogen) atoms. The summed E-state index contributed by atoms with van der Waals surface area (Å²) < 4.78 is 9.89. The van der Waals surface area contributed by atoms with E-state index in [1.54, 1.807) is 26.8 Å². The van der Waals surface area contributed by atoms with Gasteiger partial charge in [0.1, 0.15) is 17.5 Å². The van der Waals surface area contributed by atoms with E-state index in [2.05, 4.69) is 10.3 Å². The number of aryl methyl sites for hydroxylation is 1. The van der Waals surface area contributed by atoms with Gasteiger partial charge >= 0.3 is 12.1 Å². The van der Waals surface area contributed by atoms with Crippen LogP contribution in [-0.2, 0) is 20.0 Å². The van der Waals surface area contributed by atoms with Gasteiger partial charge in [-0.05, 0) is 45.4 Å². The molecule has 0 aromatic carbocycles. The van der Waals surface area contributed by atoms with Crippen LogP contribution in [0, 0.1) is 6.92 Å². The molecule has 0 saturated heterocycles. The van der Waals surface area contributed by atoms with Gasteiger partial charge in [0.05, 0.1) is 12.8 Å². The average molecular weight is 355 g/mol. The third kappa shape index (κ3) is 7.54. The molecule has 0 radical (unpaired) electrons. The molecule has 0 unspecified atom stereocenters. The number of nitrogen functional groups attached to an aromatic ring is 1. The van der Waals surface area contributed by atoms with E-state index in [0.717, 1.165) is 11.3 Å². The summed E-state index contributed by atoms with van der Waals surface area (Å²) in [5.41, 5.74) is 6.92. The van der Waals surface area contributed by atoms with Gasteiger partial charge in [-0.25, -0.2) is 14.6 Å². The number of ether oxygens (including phenoxy) is 2. The maximum atomic E-state index is 11.8. The molecule has 0 spiro atoms. The van der Waals surface area contributed by atoms with Gasteiger partial charge < -0.3 is 20.5 Å². The van der Waals surface area contributed by atoms with Crippen molar-refractivity contribution in [3.8, 4) is 0 Å². The van der Waals surface area contributed by atoms with Crippen molar-refractivity contribution in [3.63, 3.8) is 0 Å². The molecule has 1 rings (SSSR count). The zero-order chi connectivity index (χ0) is 18.3. The Bertz CT molecular complexity index is 567. The number of thioether (sulfide) groups is 1. The summed E-state index contributed by atoms with van der Waals surface area (Å²) in [6.45, 7) is 7.19. The quantitative estimate of drug-likeness (QED) is 0.754. The average Bonchev–Trinajstić information content (AvgIpc) is 2.42. The van der Waals surface area contributed by atoms with Crippen molar-refractivity contribution in [3.05, 3.63) is 23.4 Å². The van der Waals surface area contributed by atoms with Crippen LogP contribution in [0.5, 0.6) is 0 Å². The fourth-order valence-corrected chi connectivity index (χ4v) is 2.81. The summed E-state index contributed by atoms with van der Waals surface area (Å²) in [6, 6.07) is 2.92. The van der Waals surface area contributed by atoms with Crippen LogP contribution in [0.4, 0.5) is 10.6 Å². The predicted molar refractivity (Wildman–Crippen MR) is 94.7 cm³/mol. The van der Waals surface area contributed by atoms with Crippen molar-refractivity contribution in [1.82, 2.24) is 10.3 Å². The standard InChI is InChI=1S/C16H25N3O4S/c1-10-6-11(18-13(17)7-10)8-24-9-12(14(20)22-5)19-15(21)23-16(2,3)4/h6-7,12H,8-9H2,1-5H3,(H2,17,18)(H,19,21)/t12-/m0/s1. The van der Waals surface area contributed by atoms with Gasteiger partial charge in [-0.1, -0.05) is 0 Å². The van der Waals surface area contributed by atoms with Crippen molar-refractivity contribution in [1.29, 1.82) is 0 Å². The number of esters is 1. The lowest BCUT2D eigenvalue weighted by Gasteiger charge is -2.22. The van der Waals surface area contributed by atoms with Crippen LogP contribution in [0.15, 0.2) is 12.1 Å². The Morgan fingerprint density at radius 3 is 2.58 bits per heavy atom. The zero-order valence-corrected chi connectivity index (χ0v) is 15.5. The number of hydrogen-bond donors (Lipinski definition) is 2. The Balaban J connectivity index is 2.60. The number of aromatic nitrogens is 1. The first-order chi connectivity index (χ1) is 11.1. The van der Waals surface area contributed by atoms with Crippen molar-refractivity contribution >= 4 is 29.6 Å². The third-order valence-corrected chi connectivity index (χ3v) is 3.82. The van der Waals surface area contributed by atoms with Crippen LogP contribution < -0.4 is 11.1 Å². The van der Waals surface area contributed by atoms with Crippen LogP contribution in [-0.4, -0.2) is 41.6 Å². The molecule has 134 valence electrons. The van der Waals surface area contributed by atoms with Gasteiger partial charge in [0.2, 0.25) is 0 Å². The lowest BCUT2D eigenvalue weighted by atomic mass is 10.2. The summed E-state index contributed by atoms with van der Waals surface area (Å²) in [5, 5.41) is 2.53. The van der Waals surface area contributed by atoms with E-state index < -0.39 is 23.7 Å². The van der Waals surface area contributed by atoms with Crippen LogP contribution in [0.3, 0.4) is 0 Å². The topological polar surface area (TPSA) is 104 Å². The largest absolute Gasteiger partial charge is 0.467 e. The first-order valence-electron chi connectivity index (χ1n) is 7.49. The molecule has 8 heteroatoms. The molecule has 1 aromatic heterocycles. The van der Waals surface area contributed by atoms with Crippen molar-refractivity contribution < 1.29 is 19.1 Å². The van der Waals surface area contributed by atoms with E-state index in [1.165, 1.54) is 18.9 Å². The predicted octanol–water partition coefficient (Wildman–Crippen LogP) is 2.27. The number of anilines is 1. The van der Waals surface area contributed by atoms with Gasteiger partial charge in [0.15, 0.2) is 0 Å². The number of amides is 1. The van der Waals surface area contributed by atoms with E-state index in [1.807, 2.05) is 13.0 Å². The monoisotopic (exact) mass is 355 g/mol. The highest BCUT2D eigenvalue weighted by Crippen LogP contribution is 2.15. The van der Waals surface area contributed by atoms with E-state index in [9.17, 15) is 9.59 Å². The fraction of sp³-hybridized carbons (Fsp3) is 0.562. The Morgan fingerprint density at radius 2 is 2.04 bits per heavy atom. The summed E-state index contributed by atoms with van der Waals surface area (Å²) in [7, 11) is 1.28. The molecule has 1 aromatic rings. The fourth-order valence-electron chi connectivity index (χ4n) is 1.88. The van der Waals surface area contributed by atoms with Crippen LogP contribution in [0.1, 0.15) is 32.0 Å². The van der Waals surface area contributed by atoms with E-state index in [-0.39, 0.29) is 0 Å². The summed E-state index contributed by atoms with van der Waals surface area (Å²) in [4.78, 5) is 27.9. The highest BCUT2D eigenvalue weighted by atomic mass is 32.2. The maximum Gasteiger partial charge on any atom is 0.408 e. The first-order valence-corrected chi connectivity index (χ1v) is 8.64. The second-order valence-electron chi connectivity index (χ2n) is 6.30. The molecule has 7 nitrogen and oxygen atoms in total. The van der Waals surface area contributed by atoms with Crippen LogP contribution >= 0.6 is 11.8 Å². The smallest absolute Gasteiger partial charge is 0.408 e. The number of pyridine rings is 1. The minimum absolute atomic E-state index is 0.335. The van der Waals surface area contributed by atoms with E-state index in [4.69, 9.17) is 15.2 Å². The highest BCUT2D eigenvalue weighted by Gasteiger charge is 2.25. The van der Waals surface area contributed by atoms with Gasteiger partial charge in [0, 0.05) is 11.5 Å². The molecule has 0 saturated carbocycles. The summed E-state index contributed by atoms with van der Waals surface area (Å²) in [5.74, 6) is 0.837. The molecule has 0 bridgehead atoms. The summed E-state index contributed by atoms with van der Waals surface area (Å²) in [6.07, 6.45) is -0.656. The minimum Gasteiger partial charge on any atom is -0.467 e. The molecule has 3 N–H and O–H groups in total. The SMILES string of the molecule is COC(=O)[C@H](CSCc1cc(C)cc(N)n1)NC(=O)OC(C)(C)C. The lowest BCUT2D eigenvalue weighted by Crippen LogP contribution is -2.45. The molecule has 0 aliphatic carbocycles. The molecular formula is C16H25N3O4S. The Hall–Kier alpha value is -1.96. The normalized spacial score (nSPS) is 12.4. The van der Waals surface area contributed by atoms with Crippen molar-refractivity contribution in [2.45, 2.75) is 45.1 Å². The number of rotatable bonds is 6. The van der Waals surface area contributed by atoms with Gasteiger partial charge in [-0.3, -0.25) is 0 Å². The molecule has 0 aliphatic heterocycles. The highest BCUT2D eigenvalue weighted by molar-refractivity contribution is 7.98. The second kappa shape index (κ2) is 8.77. The van der Waals surface area contributed by atoms with Gasteiger partial charge in [-0.15, -0.1) is 0 Å². The molecule has 1 heterocycles. The number of hydrogen-bond acceptors (Lipinski definition) is 7. The van der Waals surface area contributed by atoms with E-state index in [0.29, 0.717) is 17.3 Å². The lowest BCUT2D eigenvalue weighted by molar-refractivity contribution is -0.142. The molecule has 0 aliphatic rings. The van der Waals surface area contributed by atoms with Crippen molar-refractivity contribution in [2.24, 2.45) is 0 Å². The number of nitrogens with two attached hydrogens (primary N) is 1. The minimum atomic E-state index is -0.794. The molecular weight excluding hydrogens is 330 g/mol. The Morgan fingerprint density at radius 1 is 1.38 bits per heavy atom. The zero-order valence-electron chi connectivity index (χ0n) is 14.7. The second-order valence-corrected chi connectivity index (χ2v) is 7.33. The van der Waals surface area contributed by atoms with Gasteiger partial charge in [0.25, 0.3) is 0 Å². The van der Waals surface area contributed by atoms with Gasteiger partial charge in [-0.2, -0.15) is 11.8 Å². The van der Waals surface area contributed by atoms with Crippen LogP contribution in [0.25, 0.3) is 0 Å². The number of nitrogens with zero attached hydrogens (tertiary/aromatic N) is 1. The van der Waals surface area contributed by atoms with Crippen molar-refractivity contribution in [2.75, 3.05) is 18.6 Å². The number of carbonyl (C=O) groups is 2. The molecule has 1 atom stereocenters. The van der Waals surface area contributed by atoms with E-state index >= 15 is 0 Å². The number of methoxy groups -OCH3 is 1. The Kier molecular flexibility index (Phi) is 7.34.